The number of hydrogen-bond donors (Lipinski definition) is 2. The summed E-state index contributed by atoms with van der Waals surface area (Å²) in [5.41, 5.74) is 3.11. The first-order valence-electron chi connectivity index (χ1n) is 11.2. The van der Waals surface area contributed by atoms with E-state index in [-0.39, 0.29) is 30.3 Å². The van der Waals surface area contributed by atoms with Gasteiger partial charge in [0, 0.05) is 37.8 Å². The third-order valence-electron chi connectivity index (χ3n) is 5.77. The molecule has 0 spiro atoms. The number of aromatic nitrogens is 2. The number of carbonyl (C=O) groups excluding carboxylic acids is 1. The number of benzene rings is 2. The van der Waals surface area contributed by atoms with Gasteiger partial charge in [0.15, 0.2) is 12.1 Å². The van der Waals surface area contributed by atoms with Gasteiger partial charge in [-0.2, -0.15) is 4.98 Å². The van der Waals surface area contributed by atoms with Crippen LogP contribution in [-0.2, 0) is 27.4 Å². The van der Waals surface area contributed by atoms with Crippen molar-refractivity contribution in [1.29, 1.82) is 0 Å². The van der Waals surface area contributed by atoms with Crippen molar-refractivity contribution in [3.63, 3.8) is 0 Å². The lowest BCUT2D eigenvalue weighted by atomic mass is 10.0. The van der Waals surface area contributed by atoms with Gasteiger partial charge in [0.1, 0.15) is 5.82 Å². The molecule has 2 saturated heterocycles. The Morgan fingerprint density at radius 3 is 2.71 bits per heavy atom. The Labute approximate surface area is 196 Å². The molecule has 9 nitrogen and oxygen atoms in total. The van der Waals surface area contributed by atoms with Crippen molar-refractivity contribution < 1.29 is 23.2 Å². The number of fused-ring (bicyclic) bond motifs is 1. The number of ether oxygens (including phenoxy) is 2. The molecule has 5 rings (SSSR count). The highest BCUT2D eigenvalue weighted by Crippen LogP contribution is 2.38. The molecule has 3 atom stereocenters. The van der Waals surface area contributed by atoms with Crippen LogP contribution in [0.2, 0.25) is 0 Å². The number of nitrogens with one attached hydrogen (secondary N) is 2. The molecule has 2 aliphatic heterocycles. The lowest BCUT2D eigenvalue weighted by Gasteiger charge is -2.31. The molecule has 0 saturated carbocycles. The Morgan fingerprint density at radius 1 is 1.18 bits per heavy atom. The largest absolute Gasteiger partial charge is 0.354 e. The number of nitrogens with zero attached hydrogens (tertiary/aromatic N) is 3. The van der Waals surface area contributed by atoms with E-state index in [9.17, 15) is 4.79 Å². The first kappa shape index (κ1) is 22.5. The van der Waals surface area contributed by atoms with E-state index < -0.39 is 0 Å². The number of aryl methyl sites for hydroxylation is 1. The van der Waals surface area contributed by atoms with Crippen LogP contribution in [0.1, 0.15) is 24.2 Å². The fourth-order valence-electron chi connectivity index (χ4n) is 4.03. The molecule has 2 aromatic carbocycles. The first-order valence-corrected chi connectivity index (χ1v) is 11.2. The van der Waals surface area contributed by atoms with E-state index in [0.29, 0.717) is 43.5 Å². The standard InChI is InChI=1S/C24H26FN5O4/c1-14-28-22(34-29-14)12-26-10-16-3-5-17(6-4-16)20-8-7-18(9-21(20)25)30-13-19(11-27-15(2)31)32-24-23(30)33-24/h3-9,19,23-24,26H,10-13H2,1-2H3,(H,27,31)/t19-,23?,24?/m0/s1. The Morgan fingerprint density at radius 2 is 2.00 bits per heavy atom. The highest BCUT2D eigenvalue weighted by molar-refractivity contribution is 5.72. The van der Waals surface area contributed by atoms with E-state index in [1.165, 1.54) is 13.0 Å². The molecule has 0 aliphatic carbocycles. The number of anilines is 1. The van der Waals surface area contributed by atoms with Gasteiger partial charge in [-0.1, -0.05) is 29.4 Å². The molecule has 1 amide bonds. The summed E-state index contributed by atoms with van der Waals surface area (Å²) in [6.07, 6.45) is -0.790. The number of epoxide rings is 1. The molecule has 2 aliphatic rings. The van der Waals surface area contributed by atoms with Crippen molar-refractivity contribution in [2.45, 2.75) is 45.6 Å². The van der Waals surface area contributed by atoms with Crippen LogP contribution in [0.4, 0.5) is 10.1 Å². The van der Waals surface area contributed by atoms with Crippen LogP contribution in [0.15, 0.2) is 47.0 Å². The van der Waals surface area contributed by atoms with Crippen molar-refractivity contribution in [1.82, 2.24) is 20.8 Å². The fraction of sp³-hybridized carbons (Fsp3) is 0.375. The van der Waals surface area contributed by atoms with Crippen LogP contribution in [0, 0.1) is 12.7 Å². The van der Waals surface area contributed by atoms with Crippen molar-refractivity contribution >= 4 is 11.6 Å². The Bertz CT molecular complexity index is 1170. The summed E-state index contributed by atoms with van der Waals surface area (Å²) in [6.45, 7) is 5.24. The van der Waals surface area contributed by atoms with E-state index in [1.54, 1.807) is 13.0 Å². The summed E-state index contributed by atoms with van der Waals surface area (Å²) in [5.74, 6) is 0.725. The molecule has 2 fully saturated rings. The molecule has 0 bridgehead atoms. The topological polar surface area (TPSA) is 105 Å². The van der Waals surface area contributed by atoms with Crippen molar-refractivity contribution in [3.05, 3.63) is 65.6 Å². The zero-order valence-corrected chi connectivity index (χ0v) is 19.0. The van der Waals surface area contributed by atoms with Gasteiger partial charge >= 0.3 is 0 Å². The maximum Gasteiger partial charge on any atom is 0.240 e. The quantitative estimate of drug-likeness (QED) is 0.487. The maximum absolute atomic E-state index is 15.1. The zero-order chi connectivity index (χ0) is 23.7. The van der Waals surface area contributed by atoms with Crippen molar-refractivity contribution in [2.75, 3.05) is 18.0 Å². The summed E-state index contributed by atoms with van der Waals surface area (Å²) < 4.78 is 31.5. The Balaban J connectivity index is 1.21. The Hall–Kier alpha value is -3.34. The summed E-state index contributed by atoms with van der Waals surface area (Å²) in [7, 11) is 0. The molecular weight excluding hydrogens is 441 g/mol. The minimum absolute atomic E-state index is 0.117. The van der Waals surface area contributed by atoms with Gasteiger partial charge in [-0.05, 0) is 36.2 Å². The highest BCUT2D eigenvalue weighted by Gasteiger charge is 2.51. The SMILES string of the molecule is CC(=O)NC[C@H]1CN(c2ccc(-c3ccc(CNCc4nc(C)no4)cc3)c(F)c2)C2OC2O1. The van der Waals surface area contributed by atoms with Gasteiger partial charge in [-0.25, -0.2) is 4.39 Å². The number of morpholine rings is 1. The molecule has 2 N–H and O–H groups in total. The number of rotatable bonds is 8. The normalized spacial score (nSPS) is 21.3. The van der Waals surface area contributed by atoms with Crippen LogP contribution >= 0.6 is 0 Å². The molecule has 178 valence electrons. The number of hydrogen-bond acceptors (Lipinski definition) is 8. The molecule has 0 radical (unpaired) electrons. The van der Waals surface area contributed by atoms with Crippen molar-refractivity contribution in [3.8, 4) is 11.1 Å². The second kappa shape index (κ2) is 9.49. The average molecular weight is 468 g/mol. The smallest absolute Gasteiger partial charge is 0.240 e. The summed E-state index contributed by atoms with van der Waals surface area (Å²) in [6, 6.07) is 12.9. The van der Waals surface area contributed by atoms with Gasteiger partial charge in [-0.3, -0.25) is 4.79 Å². The summed E-state index contributed by atoms with van der Waals surface area (Å²) in [4.78, 5) is 17.3. The van der Waals surface area contributed by atoms with Gasteiger partial charge in [0.05, 0.1) is 12.6 Å². The average Bonchev–Trinajstić information content (AvgIpc) is 3.50. The number of carbonyl (C=O) groups is 1. The highest BCUT2D eigenvalue weighted by atomic mass is 19.1. The number of halogens is 1. The third-order valence-corrected chi connectivity index (χ3v) is 5.77. The molecule has 34 heavy (non-hydrogen) atoms. The van der Waals surface area contributed by atoms with E-state index in [4.69, 9.17) is 14.0 Å². The summed E-state index contributed by atoms with van der Waals surface area (Å²) in [5, 5.41) is 9.77. The monoisotopic (exact) mass is 467 g/mol. The molecule has 2 unspecified atom stereocenters. The van der Waals surface area contributed by atoms with Crippen molar-refractivity contribution in [2.24, 2.45) is 0 Å². The van der Waals surface area contributed by atoms with E-state index in [2.05, 4.69) is 20.8 Å². The molecule has 3 aromatic rings. The van der Waals surface area contributed by atoms with Crippen LogP contribution in [0.3, 0.4) is 0 Å². The predicted octanol–water partition coefficient (Wildman–Crippen LogP) is 2.50. The minimum Gasteiger partial charge on any atom is -0.354 e. The van der Waals surface area contributed by atoms with Gasteiger partial charge in [-0.15, -0.1) is 0 Å². The number of amides is 1. The minimum atomic E-state index is -0.347. The third kappa shape index (κ3) is 5.09. The fourth-order valence-corrected chi connectivity index (χ4v) is 4.03. The second-order valence-corrected chi connectivity index (χ2v) is 8.44. The zero-order valence-electron chi connectivity index (χ0n) is 19.0. The Kier molecular flexibility index (Phi) is 6.27. The second-order valence-electron chi connectivity index (χ2n) is 8.44. The van der Waals surface area contributed by atoms with Gasteiger partial charge in [0.25, 0.3) is 0 Å². The summed E-state index contributed by atoms with van der Waals surface area (Å²) >= 11 is 0. The lowest BCUT2D eigenvalue weighted by molar-refractivity contribution is -0.120. The molecular formula is C24H26FN5O4. The van der Waals surface area contributed by atoms with Crippen LogP contribution in [-0.4, -0.2) is 47.8 Å². The van der Waals surface area contributed by atoms with Gasteiger partial charge in [0.2, 0.25) is 18.1 Å². The van der Waals surface area contributed by atoms with E-state index >= 15 is 4.39 Å². The molecule has 3 heterocycles. The molecule has 10 heteroatoms. The van der Waals surface area contributed by atoms with E-state index in [1.807, 2.05) is 35.2 Å². The molecule has 1 aromatic heterocycles. The predicted molar refractivity (Wildman–Crippen MR) is 121 cm³/mol. The lowest BCUT2D eigenvalue weighted by Crippen LogP contribution is -2.47. The van der Waals surface area contributed by atoms with Crippen LogP contribution < -0.4 is 15.5 Å². The first-order chi connectivity index (χ1) is 16.5. The van der Waals surface area contributed by atoms with Crippen LogP contribution in [0.25, 0.3) is 11.1 Å². The van der Waals surface area contributed by atoms with Crippen LogP contribution in [0.5, 0.6) is 0 Å². The van der Waals surface area contributed by atoms with E-state index in [0.717, 1.165) is 16.8 Å². The van der Waals surface area contributed by atoms with Gasteiger partial charge < -0.3 is 29.5 Å². The maximum atomic E-state index is 15.1.